The Kier molecular flexibility index (Phi) is 2.29. The highest BCUT2D eigenvalue weighted by Gasteiger charge is 2.28. The summed E-state index contributed by atoms with van der Waals surface area (Å²) < 4.78 is 3.09. The minimum atomic E-state index is -0.841. The third kappa shape index (κ3) is 1.71. The van der Waals surface area contributed by atoms with Crippen molar-refractivity contribution >= 4 is 11.9 Å². The van der Waals surface area contributed by atoms with Gasteiger partial charge in [-0.3, -0.25) is 0 Å². The summed E-state index contributed by atoms with van der Waals surface area (Å²) in [6.07, 6.45) is 12.1. The third-order valence-corrected chi connectivity index (χ3v) is 2.72. The van der Waals surface area contributed by atoms with E-state index in [4.69, 9.17) is 0 Å². The highest BCUT2D eigenvalue weighted by Crippen LogP contribution is 2.27. The molecular weight excluding hydrogens is 182 g/mol. The molecule has 0 fully saturated rings. The highest BCUT2D eigenvalue weighted by molar-refractivity contribution is 8.00. The minimum absolute atomic E-state index is 0.636. The van der Waals surface area contributed by atoms with Gasteiger partial charge in [-0.1, -0.05) is 24.3 Å². The average molecular weight is 193 g/mol. The van der Waals surface area contributed by atoms with E-state index in [1.165, 1.54) is 11.9 Å². The molecule has 0 spiro atoms. The van der Waals surface area contributed by atoms with Crippen molar-refractivity contribution in [1.29, 1.82) is 0 Å². The quantitative estimate of drug-likeness (QED) is 0.624. The Labute approximate surface area is 81.9 Å². The monoisotopic (exact) mass is 193 g/mol. The molecule has 2 aliphatic rings. The van der Waals surface area contributed by atoms with Gasteiger partial charge >= 0.3 is 0 Å². The maximum absolute atomic E-state index is 10.2. The molecule has 3 heteroatoms. The van der Waals surface area contributed by atoms with Crippen molar-refractivity contribution in [2.45, 2.75) is 12.0 Å². The first kappa shape index (κ1) is 8.66. The van der Waals surface area contributed by atoms with Crippen LogP contribution in [0, 0.1) is 0 Å². The van der Waals surface area contributed by atoms with Crippen molar-refractivity contribution in [2.24, 2.45) is 0 Å². The van der Waals surface area contributed by atoms with Crippen LogP contribution in [0.2, 0.25) is 0 Å². The summed E-state index contributed by atoms with van der Waals surface area (Å²) in [6.45, 7) is 0. The van der Waals surface area contributed by atoms with E-state index in [0.29, 0.717) is 6.42 Å². The summed E-state index contributed by atoms with van der Waals surface area (Å²) >= 11 is 1.48. The predicted octanol–water partition coefficient (Wildman–Crippen LogP) is 1.88. The zero-order valence-electron chi connectivity index (χ0n) is 7.10. The van der Waals surface area contributed by atoms with E-state index in [2.05, 4.69) is 4.72 Å². The molecule has 13 heavy (non-hydrogen) atoms. The lowest BCUT2D eigenvalue weighted by Crippen LogP contribution is -2.34. The van der Waals surface area contributed by atoms with Gasteiger partial charge in [-0.15, -0.1) is 0 Å². The Morgan fingerprint density at radius 2 is 2.31 bits per heavy atom. The largest absolute Gasteiger partial charge is 0.379 e. The molecule has 1 heterocycles. The van der Waals surface area contributed by atoms with Crippen LogP contribution in [0.25, 0.3) is 0 Å². The Balaban J connectivity index is 2.23. The van der Waals surface area contributed by atoms with E-state index in [1.54, 1.807) is 0 Å². The maximum Gasteiger partial charge on any atom is 0.127 e. The van der Waals surface area contributed by atoms with Crippen LogP contribution in [0.4, 0.5) is 0 Å². The van der Waals surface area contributed by atoms with Crippen LogP contribution in [0.3, 0.4) is 0 Å². The number of hydrogen-bond donors (Lipinski definition) is 2. The van der Waals surface area contributed by atoms with Crippen molar-refractivity contribution in [3.8, 4) is 0 Å². The molecule has 0 saturated heterocycles. The van der Waals surface area contributed by atoms with Gasteiger partial charge in [-0.25, -0.2) is 0 Å². The molecule has 1 aliphatic carbocycles. The lowest BCUT2D eigenvalue weighted by molar-refractivity contribution is 0.128. The second-order valence-electron chi connectivity index (χ2n) is 3.04. The van der Waals surface area contributed by atoms with Gasteiger partial charge in [-0.05, 0) is 29.5 Å². The fraction of sp³-hybridized carbons (Fsp3) is 0.200. The van der Waals surface area contributed by atoms with Gasteiger partial charge in [0.15, 0.2) is 0 Å². The first-order chi connectivity index (χ1) is 6.31. The van der Waals surface area contributed by atoms with E-state index in [9.17, 15) is 5.11 Å². The smallest absolute Gasteiger partial charge is 0.127 e. The van der Waals surface area contributed by atoms with Crippen molar-refractivity contribution in [3.05, 3.63) is 47.6 Å². The van der Waals surface area contributed by atoms with Crippen molar-refractivity contribution in [2.75, 3.05) is 0 Å². The molecule has 1 atom stereocenters. The molecule has 0 saturated carbocycles. The van der Waals surface area contributed by atoms with E-state index < -0.39 is 5.60 Å². The predicted molar refractivity (Wildman–Crippen MR) is 55.8 cm³/mol. The van der Waals surface area contributed by atoms with Gasteiger partial charge in [0.1, 0.15) is 5.60 Å². The normalized spacial score (nSPS) is 31.3. The molecule has 68 valence electrons. The topological polar surface area (TPSA) is 32.3 Å². The Morgan fingerprint density at radius 1 is 1.38 bits per heavy atom. The van der Waals surface area contributed by atoms with Crippen molar-refractivity contribution in [3.63, 3.8) is 0 Å². The first-order valence-electron chi connectivity index (χ1n) is 4.17. The van der Waals surface area contributed by atoms with Crippen molar-refractivity contribution in [1.82, 2.24) is 4.72 Å². The van der Waals surface area contributed by atoms with Gasteiger partial charge in [0.2, 0.25) is 0 Å². The molecule has 0 bridgehead atoms. The molecule has 1 aliphatic heterocycles. The average Bonchev–Trinajstić information content (AvgIpc) is 2.20. The third-order valence-electron chi connectivity index (χ3n) is 2.09. The maximum atomic E-state index is 10.2. The summed E-state index contributed by atoms with van der Waals surface area (Å²) in [5, 5.41) is 12.1. The molecule has 1 unspecified atom stereocenters. The molecule has 2 N–H and O–H groups in total. The molecular formula is C10H11NOS. The molecule has 0 aromatic heterocycles. The van der Waals surface area contributed by atoms with Crippen LogP contribution < -0.4 is 4.72 Å². The van der Waals surface area contributed by atoms with Crippen LogP contribution in [0.1, 0.15) is 6.42 Å². The molecule has 0 aromatic rings. The van der Waals surface area contributed by atoms with E-state index in [-0.39, 0.29) is 0 Å². The summed E-state index contributed by atoms with van der Waals surface area (Å²) in [5.41, 5.74) is 0.00701. The fourth-order valence-electron chi connectivity index (χ4n) is 1.35. The zero-order chi connectivity index (χ0) is 9.15. The van der Waals surface area contributed by atoms with Gasteiger partial charge in [-0.2, -0.15) is 0 Å². The number of nitrogens with one attached hydrogen (secondary N) is 1. The van der Waals surface area contributed by atoms with Gasteiger partial charge < -0.3 is 9.83 Å². The lowest BCUT2D eigenvalue weighted by Gasteiger charge is -2.29. The van der Waals surface area contributed by atoms with Crippen LogP contribution >= 0.6 is 11.9 Å². The molecule has 2 nitrogen and oxygen atoms in total. The SMILES string of the molecule is OC1(C2=CC=CSN2)C=CC=CC1. The lowest BCUT2D eigenvalue weighted by atomic mass is 9.92. The summed E-state index contributed by atoms with van der Waals surface area (Å²) in [4.78, 5) is 0. The number of aliphatic hydroxyl groups is 1. The second-order valence-corrected chi connectivity index (χ2v) is 3.76. The van der Waals surface area contributed by atoms with E-state index in [1.807, 2.05) is 41.9 Å². The Hall–Kier alpha value is -0.930. The van der Waals surface area contributed by atoms with Gasteiger partial charge in [0.25, 0.3) is 0 Å². The summed E-state index contributed by atoms with van der Waals surface area (Å²) in [7, 11) is 0. The standard InChI is InChI=1S/C10H11NOS/c12-10(6-2-1-3-7-10)9-5-4-8-13-11-9/h1-6,8,11-12H,7H2. The molecule has 0 radical (unpaired) electrons. The van der Waals surface area contributed by atoms with Crippen LogP contribution in [-0.4, -0.2) is 10.7 Å². The Bertz CT molecular complexity index is 317. The van der Waals surface area contributed by atoms with Crippen LogP contribution in [0.5, 0.6) is 0 Å². The van der Waals surface area contributed by atoms with E-state index >= 15 is 0 Å². The van der Waals surface area contributed by atoms with Gasteiger partial charge in [0.05, 0.1) is 5.70 Å². The fourth-order valence-corrected chi connectivity index (χ4v) is 1.94. The Morgan fingerprint density at radius 3 is 2.92 bits per heavy atom. The second kappa shape index (κ2) is 3.44. The first-order valence-corrected chi connectivity index (χ1v) is 5.05. The minimum Gasteiger partial charge on any atom is -0.379 e. The van der Waals surface area contributed by atoms with Crippen LogP contribution in [0.15, 0.2) is 47.6 Å². The van der Waals surface area contributed by atoms with E-state index in [0.717, 1.165) is 5.70 Å². The number of hydrogen-bond acceptors (Lipinski definition) is 3. The van der Waals surface area contributed by atoms with Crippen LogP contribution in [-0.2, 0) is 0 Å². The number of allylic oxidation sites excluding steroid dienone is 4. The zero-order valence-corrected chi connectivity index (χ0v) is 7.92. The molecule has 0 amide bonds. The summed E-state index contributed by atoms with van der Waals surface area (Å²) in [6, 6.07) is 0. The highest BCUT2D eigenvalue weighted by atomic mass is 32.2. The molecule has 2 rings (SSSR count). The molecule has 0 aromatic carbocycles. The van der Waals surface area contributed by atoms with Gasteiger partial charge in [0, 0.05) is 6.42 Å². The number of rotatable bonds is 1. The van der Waals surface area contributed by atoms with Crippen molar-refractivity contribution < 1.29 is 5.11 Å². The summed E-state index contributed by atoms with van der Waals surface area (Å²) in [5.74, 6) is 0.